The Kier molecular flexibility index (Phi) is 5.74. The van der Waals surface area contributed by atoms with Crippen LogP contribution in [0, 0.1) is 0 Å². The number of unbranched alkanes of at least 4 members (excludes halogenated alkanes) is 3. The number of rotatable bonds is 7. The van der Waals surface area contributed by atoms with Crippen LogP contribution in [0.25, 0.3) is 5.69 Å². The molecular formula is C14H19N5OS. The van der Waals surface area contributed by atoms with Crippen molar-refractivity contribution in [3.63, 3.8) is 0 Å². The minimum absolute atomic E-state index is 0.0334. The third-order valence-corrected chi connectivity index (χ3v) is 3.36. The summed E-state index contributed by atoms with van der Waals surface area (Å²) in [6, 6.07) is 7.36. The van der Waals surface area contributed by atoms with Crippen LogP contribution in [-0.2, 0) is 4.79 Å². The van der Waals surface area contributed by atoms with Crippen molar-refractivity contribution in [1.82, 2.24) is 20.2 Å². The number of carbonyl (C=O) groups is 1. The van der Waals surface area contributed by atoms with Gasteiger partial charge in [-0.2, -0.15) is 4.68 Å². The van der Waals surface area contributed by atoms with Crippen LogP contribution in [0.4, 0.5) is 5.69 Å². The van der Waals surface area contributed by atoms with Gasteiger partial charge in [-0.05, 0) is 35.0 Å². The molecule has 0 fully saturated rings. The van der Waals surface area contributed by atoms with Crippen molar-refractivity contribution in [2.24, 2.45) is 0 Å². The molecule has 0 saturated carbocycles. The van der Waals surface area contributed by atoms with Crippen LogP contribution in [0.2, 0.25) is 0 Å². The van der Waals surface area contributed by atoms with Crippen molar-refractivity contribution in [2.75, 3.05) is 5.32 Å². The number of tetrazole rings is 1. The molecule has 0 aliphatic carbocycles. The Hall–Kier alpha value is -1.89. The second kappa shape index (κ2) is 7.78. The third-order valence-electron chi connectivity index (χ3n) is 3.08. The fraction of sp³-hybridized carbons (Fsp3) is 0.429. The van der Waals surface area contributed by atoms with E-state index in [0.717, 1.165) is 24.2 Å². The van der Waals surface area contributed by atoms with Crippen LogP contribution in [0.15, 0.2) is 29.4 Å². The van der Waals surface area contributed by atoms with E-state index in [4.69, 9.17) is 0 Å². The first-order valence-electron chi connectivity index (χ1n) is 7.08. The molecule has 0 spiro atoms. The first kappa shape index (κ1) is 15.5. The number of thiol groups is 1. The largest absolute Gasteiger partial charge is 0.326 e. The van der Waals surface area contributed by atoms with E-state index >= 15 is 0 Å². The van der Waals surface area contributed by atoms with E-state index in [9.17, 15) is 4.79 Å². The topological polar surface area (TPSA) is 72.7 Å². The Balaban J connectivity index is 1.95. The smallest absolute Gasteiger partial charge is 0.224 e. The SMILES string of the molecule is CCCCCCC(=O)Nc1cccc(-n2nnnc2S)c1. The summed E-state index contributed by atoms with van der Waals surface area (Å²) >= 11 is 4.17. The van der Waals surface area contributed by atoms with Crippen molar-refractivity contribution in [2.45, 2.75) is 44.2 Å². The summed E-state index contributed by atoms with van der Waals surface area (Å²) in [7, 11) is 0. The van der Waals surface area contributed by atoms with Crippen molar-refractivity contribution in [3.05, 3.63) is 24.3 Å². The number of carbonyl (C=O) groups excluding carboxylic acids is 1. The Bertz CT molecular complexity index is 599. The lowest BCUT2D eigenvalue weighted by atomic mass is 10.1. The highest BCUT2D eigenvalue weighted by atomic mass is 32.1. The van der Waals surface area contributed by atoms with Crippen molar-refractivity contribution >= 4 is 24.2 Å². The van der Waals surface area contributed by atoms with Crippen LogP contribution in [0.3, 0.4) is 0 Å². The van der Waals surface area contributed by atoms with Crippen LogP contribution in [0.5, 0.6) is 0 Å². The summed E-state index contributed by atoms with van der Waals surface area (Å²) in [5, 5.41) is 14.4. The van der Waals surface area contributed by atoms with Crippen LogP contribution >= 0.6 is 12.6 Å². The molecule has 0 saturated heterocycles. The lowest BCUT2D eigenvalue weighted by Gasteiger charge is -2.07. The first-order chi connectivity index (χ1) is 10.2. The molecule has 1 N–H and O–H groups in total. The Morgan fingerprint density at radius 3 is 2.90 bits per heavy atom. The molecular weight excluding hydrogens is 286 g/mol. The molecule has 0 bridgehead atoms. The number of hydrogen-bond acceptors (Lipinski definition) is 5. The number of benzene rings is 1. The van der Waals surface area contributed by atoms with Crippen molar-refractivity contribution in [1.29, 1.82) is 0 Å². The van der Waals surface area contributed by atoms with Gasteiger partial charge in [-0.15, -0.1) is 17.7 Å². The van der Waals surface area contributed by atoms with Crippen LogP contribution in [-0.4, -0.2) is 26.1 Å². The van der Waals surface area contributed by atoms with Gasteiger partial charge in [-0.25, -0.2) is 0 Å². The molecule has 1 heterocycles. The normalized spacial score (nSPS) is 10.6. The van der Waals surface area contributed by atoms with Gasteiger partial charge in [0.2, 0.25) is 11.1 Å². The van der Waals surface area contributed by atoms with Gasteiger partial charge in [0, 0.05) is 12.1 Å². The van der Waals surface area contributed by atoms with E-state index in [0.29, 0.717) is 11.6 Å². The zero-order valence-corrected chi connectivity index (χ0v) is 12.9. The number of nitrogens with one attached hydrogen (secondary N) is 1. The summed E-state index contributed by atoms with van der Waals surface area (Å²) < 4.78 is 1.50. The molecule has 0 aliphatic heterocycles. The molecule has 2 aromatic rings. The molecule has 1 amide bonds. The van der Waals surface area contributed by atoms with E-state index in [2.05, 4.69) is 40.4 Å². The predicted molar refractivity (Wildman–Crippen MR) is 83.8 cm³/mol. The minimum Gasteiger partial charge on any atom is -0.326 e. The van der Waals surface area contributed by atoms with E-state index in [1.165, 1.54) is 17.5 Å². The van der Waals surface area contributed by atoms with Crippen LogP contribution in [0.1, 0.15) is 39.0 Å². The molecule has 0 atom stereocenters. The maximum atomic E-state index is 11.9. The van der Waals surface area contributed by atoms with Crippen molar-refractivity contribution in [3.8, 4) is 5.69 Å². The van der Waals surface area contributed by atoms with E-state index in [-0.39, 0.29) is 5.91 Å². The van der Waals surface area contributed by atoms with E-state index in [1.54, 1.807) is 0 Å². The molecule has 2 rings (SSSR count). The highest BCUT2D eigenvalue weighted by Crippen LogP contribution is 2.16. The Morgan fingerprint density at radius 2 is 2.19 bits per heavy atom. The molecule has 7 heteroatoms. The zero-order valence-electron chi connectivity index (χ0n) is 12.0. The van der Waals surface area contributed by atoms with E-state index in [1.807, 2.05) is 24.3 Å². The number of amides is 1. The quantitative estimate of drug-likeness (QED) is 0.609. The van der Waals surface area contributed by atoms with Gasteiger partial charge in [0.15, 0.2) is 0 Å². The lowest BCUT2D eigenvalue weighted by Crippen LogP contribution is -2.11. The van der Waals surface area contributed by atoms with Gasteiger partial charge >= 0.3 is 0 Å². The van der Waals surface area contributed by atoms with Gasteiger partial charge in [-0.3, -0.25) is 4.79 Å². The maximum Gasteiger partial charge on any atom is 0.224 e. The first-order valence-corrected chi connectivity index (χ1v) is 7.53. The molecule has 6 nitrogen and oxygen atoms in total. The fourth-order valence-corrected chi connectivity index (χ4v) is 2.20. The standard InChI is InChI=1S/C14H19N5OS/c1-2-3-4-5-9-13(20)15-11-7-6-8-12(10-11)19-14(21)16-17-18-19/h6-8,10H,2-5,9H2,1H3,(H,15,20)(H,16,18,21). The lowest BCUT2D eigenvalue weighted by molar-refractivity contribution is -0.116. The summed E-state index contributed by atoms with van der Waals surface area (Å²) in [5.74, 6) is 0.0334. The van der Waals surface area contributed by atoms with Gasteiger partial charge in [0.05, 0.1) is 5.69 Å². The van der Waals surface area contributed by atoms with Gasteiger partial charge in [-0.1, -0.05) is 32.3 Å². The van der Waals surface area contributed by atoms with Gasteiger partial charge in [0.25, 0.3) is 0 Å². The number of aromatic nitrogens is 4. The Morgan fingerprint density at radius 1 is 1.33 bits per heavy atom. The average Bonchev–Trinajstić information content (AvgIpc) is 2.90. The average molecular weight is 305 g/mol. The second-order valence-corrected chi connectivity index (χ2v) is 5.20. The van der Waals surface area contributed by atoms with Gasteiger partial charge in [0.1, 0.15) is 0 Å². The zero-order chi connectivity index (χ0) is 15.1. The highest BCUT2D eigenvalue weighted by Gasteiger charge is 2.07. The monoisotopic (exact) mass is 305 g/mol. The number of nitrogens with zero attached hydrogens (tertiary/aromatic N) is 4. The van der Waals surface area contributed by atoms with Gasteiger partial charge < -0.3 is 5.32 Å². The molecule has 0 radical (unpaired) electrons. The van der Waals surface area contributed by atoms with Crippen LogP contribution < -0.4 is 5.32 Å². The molecule has 0 aliphatic rings. The molecule has 112 valence electrons. The third kappa shape index (κ3) is 4.56. The van der Waals surface area contributed by atoms with E-state index < -0.39 is 0 Å². The molecule has 21 heavy (non-hydrogen) atoms. The molecule has 0 unspecified atom stereocenters. The fourth-order valence-electron chi connectivity index (χ4n) is 2.00. The summed E-state index contributed by atoms with van der Waals surface area (Å²) in [5.41, 5.74) is 1.49. The number of hydrogen-bond donors (Lipinski definition) is 2. The Labute approximate surface area is 129 Å². The van der Waals surface area contributed by atoms with Crippen molar-refractivity contribution < 1.29 is 4.79 Å². The molecule has 1 aromatic heterocycles. The molecule has 1 aromatic carbocycles. The maximum absolute atomic E-state index is 11.9. The summed E-state index contributed by atoms with van der Waals surface area (Å²) in [6.45, 7) is 2.15. The second-order valence-electron chi connectivity index (χ2n) is 4.80. The minimum atomic E-state index is 0.0334. The summed E-state index contributed by atoms with van der Waals surface area (Å²) in [4.78, 5) is 11.9. The summed E-state index contributed by atoms with van der Waals surface area (Å²) in [6.07, 6.45) is 4.91. The highest BCUT2D eigenvalue weighted by molar-refractivity contribution is 7.80. The predicted octanol–water partition coefficient (Wildman–Crippen LogP) is 2.86. The number of anilines is 1.